The highest BCUT2D eigenvalue weighted by Crippen LogP contribution is 2.31. The van der Waals surface area contributed by atoms with E-state index in [1.807, 2.05) is 0 Å². The number of azo groups is 2. The van der Waals surface area contributed by atoms with Crippen molar-refractivity contribution in [2.45, 2.75) is 38.8 Å². The molecule has 2 aliphatic rings. The Morgan fingerprint density at radius 3 is 1.44 bits per heavy atom. The SMILES string of the molecule is CC(=O)C(N=Nc1ccccc1OCCOc1ccccc1N=NC(C(C)=O)C(=O)Nc1ccc2c(c1)CC(=O)N2)C(=O)Nc1ccc2c(c1)CC(=O)N2. The lowest BCUT2D eigenvalue weighted by molar-refractivity contribution is -0.127. The Hall–Kier alpha value is -7.10. The lowest BCUT2D eigenvalue weighted by atomic mass is 10.1. The number of rotatable bonds is 15. The first-order valence-electron chi connectivity index (χ1n) is 16.8. The highest BCUT2D eigenvalue weighted by atomic mass is 16.5. The molecule has 2 heterocycles. The molecule has 4 aromatic carbocycles. The fraction of sp³-hybridized carbons (Fsp3) is 0.211. The minimum absolute atomic E-state index is 0.0463. The van der Waals surface area contributed by atoms with Crippen LogP contribution in [0, 0.1) is 0 Å². The number of nitrogens with zero attached hydrogens (tertiary/aromatic N) is 4. The molecule has 6 rings (SSSR count). The van der Waals surface area contributed by atoms with Gasteiger partial charge in [0.15, 0.2) is 11.6 Å². The Bertz CT molecular complexity index is 2060. The average Bonchev–Trinajstić information content (AvgIpc) is 3.70. The van der Waals surface area contributed by atoms with Crippen LogP contribution >= 0.6 is 0 Å². The maximum Gasteiger partial charge on any atom is 0.258 e. The van der Waals surface area contributed by atoms with E-state index >= 15 is 0 Å². The van der Waals surface area contributed by atoms with Gasteiger partial charge in [0.2, 0.25) is 23.9 Å². The molecule has 0 aliphatic carbocycles. The van der Waals surface area contributed by atoms with E-state index in [9.17, 15) is 28.8 Å². The van der Waals surface area contributed by atoms with Crippen molar-refractivity contribution in [1.29, 1.82) is 0 Å². The van der Waals surface area contributed by atoms with E-state index in [1.165, 1.54) is 13.8 Å². The van der Waals surface area contributed by atoms with Gasteiger partial charge in [-0.15, -0.1) is 0 Å². The normalized spacial score (nSPS) is 14.1. The Balaban J connectivity index is 1.04. The number of hydrogen-bond acceptors (Lipinski definition) is 12. The van der Waals surface area contributed by atoms with Crippen LogP contribution in [-0.2, 0) is 41.6 Å². The number of ketones is 2. The lowest BCUT2D eigenvalue weighted by Crippen LogP contribution is -2.31. The summed E-state index contributed by atoms with van der Waals surface area (Å²) in [5.74, 6) is -2.07. The van der Waals surface area contributed by atoms with Crippen LogP contribution in [0.3, 0.4) is 0 Å². The van der Waals surface area contributed by atoms with Crippen molar-refractivity contribution in [3.63, 3.8) is 0 Å². The van der Waals surface area contributed by atoms with Gasteiger partial charge in [-0.1, -0.05) is 24.3 Å². The summed E-state index contributed by atoms with van der Waals surface area (Å²) in [4.78, 5) is 74.1. The van der Waals surface area contributed by atoms with Crippen molar-refractivity contribution < 1.29 is 38.2 Å². The predicted octanol–water partition coefficient (Wildman–Crippen LogP) is 5.49. The van der Waals surface area contributed by atoms with Crippen LogP contribution in [0.1, 0.15) is 25.0 Å². The van der Waals surface area contributed by atoms with E-state index in [4.69, 9.17) is 9.47 Å². The Kier molecular flexibility index (Phi) is 11.2. The number of Topliss-reactive ketones (excluding diaryl/α,β-unsaturated/α-hetero) is 2. The highest BCUT2D eigenvalue weighted by Gasteiger charge is 2.26. The second-order valence-corrected chi connectivity index (χ2v) is 12.3. The molecule has 0 aromatic heterocycles. The number of carbonyl (C=O) groups excluding carboxylic acids is 6. The van der Waals surface area contributed by atoms with Crippen LogP contribution in [-0.4, -0.2) is 60.5 Å². The second kappa shape index (κ2) is 16.5. The van der Waals surface area contributed by atoms with Crippen molar-refractivity contribution in [2.75, 3.05) is 34.5 Å². The molecule has 16 nitrogen and oxygen atoms in total. The molecule has 0 spiro atoms. The van der Waals surface area contributed by atoms with Gasteiger partial charge in [0, 0.05) is 22.7 Å². The van der Waals surface area contributed by atoms with E-state index in [0.717, 1.165) is 11.1 Å². The van der Waals surface area contributed by atoms with Crippen LogP contribution in [0.25, 0.3) is 0 Å². The fourth-order valence-corrected chi connectivity index (χ4v) is 5.54. The summed E-state index contributed by atoms with van der Waals surface area (Å²) in [6, 6.07) is 20.4. The molecule has 54 heavy (non-hydrogen) atoms. The molecular weight excluding hydrogens is 696 g/mol. The highest BCUT2D eigenvalue weighted by molar-refractivity contribution is 6.11. The van der Waals surface area contributed by atoms with Gasteiger partial charge in [-0.3, -0.25) is 28.8 Å². The van der Waals surface area contributed by atoms with E-state index < -0.39 is 35.5 Å². The zero-order valence-electron chi connectivity index (χ0n) is 29.1. The van der Waals surface area contributed by atoms with E-state index in [0.29, 0.717) is 34.2 Å². The standard InChI is InChI=1S/C38H34N8O8/c1-21(47)35(37(51)39-25-11-13-27-23(17-25)19-33(49)41-27)45-43-29-7-3-5-9-31(29)53-15-16-54-32-10-6-4-8-30(32)44-46-36(22(2)48)38(52)40-26-12-14-28-24(18-26)20-34(50)42-28/h3-14,17-18,35-36H,15-16,19-20H2,1-2H3,(H,39,51)(H,40,52)(H,41,49)(H,42,50). The van der Waals surface area contributed by atoms with Crippen LogP contribution in [0.4, 0.5) is 34.1 Å². The second-order valence-electron chi connectivity index (χ2n) is 12.3. The van der Waals surface area contributed by atoms with Crippen molar-refractivity contribution in [3.05, 3.63) is 96.1 Å². The van der Waals surface area contributed by atoms with Gasteiger partial charge in [-0.2, -0.15) is 20.5 Å². The largest absolute Gasteiger partial charge is 0.488 e. The van der Waals surface area contributed by atoms with Gasteiger partial charge < -0.3 is 30.7 Å². The number of ether oxygens (including phenoxy) is 2. The first kappa shape index (κ1) is 36.7. The first-order chi connectivity index (χ1) is 26.0. The third-order valence-corrected chi connectivity index (χ3v) is 8.15. The molecule has 0 fully saturated rings. The minimum atomic E-state index is -1.43. The van der Waals surface area contributed by atoms with Crippen LogP contribution < -0.4 is 30.7 Å². The third kappa shape index (κ3) is 9.03. The molecule has 0 saturated carbocycles. The number of hydrogen-bond donors (Lipinski definition) is 4. The number of para-hydroxylation sites is 2. The minimum Gasteiger partial charge on any atom is -0.488 e. The zero-order chi connectivity index (χ0) is 38.2. The Labute approximate surface area is 308 Å². The van der Waals surface area contributed by atoms with Crippen LogP contribution in [0.15, 0.2) is 105 Å². The molecule has 274 valence electrons. The predicted molar refractivity (Wildman–Crippen MR) is 197 cm³/mol. The number of benzene rings is 4. The summed E-state index contributed by atoms with van der Waals surface area (Å²) in [7, 11) is 0. The van der Waals surface area contributed by atoms with Crippen LogP contribution in [0.2, 0.25) is 0 Å². The first-order valence-corrected chi connectivity index (χ1v) is 16.8. The quantitative estimate of drug-likeness (QED) is 0.0694. The lowest BCUT2D eigenvalue weighted by Gasteiger charge is -2.12. The molecule has 2 aliphatic heterocycles. The van der Waals surface area contributed by atoms with E-state index in [1.54, 1.807) is 84.9 Å². The number of nitrogens with one attached hydrogen (secondary N) is 4. The summed E-state index contributed by atoms with van der Waals surface area (Å²) in [6.07, 6.45) is 0.385. The molecule has 0 bridgehead atoms. The summed E-state index contributed by atoms with van der Waals surface area (Å²) in [5.41, 5.74) is 4.17. The van der Waals surface area contributed by atoms with Crippen molar-refractivity contribution in [1.82, 2.24) is 0 Å². The monoisotopic (exact) mass is 730 g/mol. The summed E-state index contributed by atoms with van der Waals surface area (Å²) < 4.78 is 11.8. The van der Waals surface area contributed by atoms with Gasteiger partial charge in [0.05, 0.1) is 12.8 Å². The van der Waals surface area contributed by atoms with E-state index in [-0.39, 0.29) is 49.2 Å². The summed E-state index contributed by atoms with van der Waals surface area (Å²) in [6.45, 7) is 2.56. The maximum absolute atomic E-state index is 13.0. The molecule has 16 heteroatoms. The number of amides is 4. The number of fused-ring (bicyclic) bond motifs is 2. The van der Waals surface area contributed by atoms with Crippen molar-refractivity contribution in [2.24, 2.45) is 20.5 Å². The Morgan fingerprint density at radius 1 is 0.630 bits per heavy atom. The van der Waals surface area contributed by atoms with Gasteiger partial charge in [0.25, 0.3) is 11.8 Å². The average molecular weight is 731 g/mol. The topological polar surface area (TPSA) is 218 Å². The van der Waals surface area contributed by atoms with Gasteiger partial charge >= 0.3 is 0 Å². The molecule has 0 radical (unpaired) electrons. The number of carbonyl (C=O) groups is 6. The molecule has 4 amide bonds. The summed E-state index contributed by atoms with van der Waals surface area (Å²) in [5, 5.41) is 27.1. The molecular formula is C38H34N8O8. The fourth-order valence-electron chi connectivity index (χ4n) is 5.54. The molecule has 2 atom stereocenters. The Morgan fingerprint density at radius 2 is 1.04 bits per heavy atom. The third-order valence-electron chi connectivity index (χ3n) is 8.15. The molecule has 2 unspecified atom stereocenters. The van der Waals surface area contributed by atoms with Gasteiger partial charge in [0.1, 0.15) is 36.1 Å². The zero-order valence-corrected chi connectivity index (χ0v) is 29.1. The summed E-state index contributed by atoms with van der Waals surface area (Å²) >= 11 is 0. The van der Waals surface area contributed by atoms with Gasteiger partial charge in [-0.25, -0.2) is 0 Å². The molecule has 4 N–H and O–H groups in total. The van der Waals surface area contributed by atoms with E-state index in [2.05, 4.69) is 41.7 Å². The van der Waals surface area contributed by atoms with Crippen molar-refractivity contribution in [3.8, 4) is 11.5 Å². The molecule has 0 saturated heterocycles. The molecule has 4 aromatic rings. The van der Waals surface area contributed by atoms with Gasteiger partial charge in [-0.05, 0) is 85.6 Å². The van der Waals surface area contributed by atoms with Crippen molar-refractivity contribution >= 4 is 69.3 Å². The maximum atomic E-state index is 13.0. The number of anilines is 4. The van der Waals surface area contributed by atoms with Crippen LogP contribution in [0.5, 0.6) is 11.5 Å². The smallest absolute Gasteiger partial charge is 0.258 e.